The lowest BCUT2D eigenvalue weighted by atomic mass is 10.1. The predicted octanol–water partition coefficient (Wildman–Crippen LogP) is 3.04. The first-order valence-electron chi connectivity index (χ1n) is 6.59. The number of nitrogens with one attached hydrogen (secondary N) is 1. The summed E-state index contributed by atoms with van der Waals surface area (Å²) < 4.78 is 32.0. The molecule has 0 aromatic heterocycles. The Morgan fingerprint density at radius 1 is 1.27 bits per heavy atom. The molecule has 2 aromatic rings. The van der Waals surface area contributed by atoms with Gasteiger partial charge in [-0.05, 0) is 30.3 Å². The Labute approximate surface area is 126 Å². The average molecular weight is 307 g/mol. The van der Waals surface area contributed by atoms with Gasteiger partial charge in [0.2, 0.25) is 5.91 Å². The van der Waals surface area contributed by atoms with E-state index < -0.39 is 17.7 Å². The first-order chi connectivity index (χ1) is 10.5. The molecule has 0 spiro atoms. The predicted molar refractivity (Wildman–Crippen MR) is 77.6 cm³/mol. The van der Waals surface area contributed by atoms with Crippen LogP contribution in [-0.2, 0) is 4.79 Å². The molecule has 2 rings (SSSR count). The van der Waals surface area contributed by atoms with Crippen LogP contribution in [0.5, 0.6) is 5.75 Å². The van der Waals surface area contributed by atoms with Crippen molar-refractivity contribution >= 4 is 11.6 Å². The van der Waals surface area contributed by atoms with Gasteiger partial charge in [-0.2, -0.15) is 0 Å². The minimum atomic E-state index is -1.31. The highest BCUT2D eigenvalue weighted by molar-refractivity contribution is 5.88. The van der Waals surface area contributed by atoms with Crippen molar-refractivity contribution in [3.05, 3.63) is 59.7 Å². The molecular formula is C16H15F2NO3. The van der Waals surface area contributed by atoms with E-state index in [-0.39, 0.29) is 18.1 Å². The molecule has 116 valence electrons. The number of hydrogen-bond donors (Lipinski definition) is 2. The van der Waals surface area contributed by atoms with E-state index in [2.05, 4.69) is 5.32 Å². The minimum Gasteiger partial charge on any atom is -0.490 e. The van der Waals surface area contributed by atoms with Crippen LogP contribution in [0.4, 0.5) is 14.5 Å². The fourth-order valence-electron chi connectivity index (χ4n) is 1.90. The minimum absolute atomic E-state index is 0.169. The summed E-state index contributed by atoms with van der Waals surface area (Å²) in [6.07, 6.45) is -1.31. The number of ether oxygens (including phenoxy) is 1. The van der Waals surface area contributed by atoms with Gasteiger partial charge in [0.25, 0.3) is 0 Å². The fourth-order valence-corrected chi connectivity index (χ4v) is 1.90. The average Bonchev–Trinajstić information content (AvgIpc) is 2.47. The van der Waals surface area contributed by atoms with Crippen molar-refractivity contribution in [1.29, 1.82) is 0 Å². The monoisotopic (exact) mass is 307 g/mol. The first-order valence-corrected chi connectivity index (χ1v) is 6.59. The van der Waals surface area contributed by atoms with Crippen molar-refractivity contribution in [2.75, 3.05) is 11.9 Å². The SMILES string of the molecule is CC(=O)Nc1cccc(OCC(O)c2cc(F)ccc2F)c1. The van der Waals surface area contributed by atoms with Gasteiger partial charge in [-0.15, -0.1) is 0 Å². The van der Waals surface area contributed by atoms with Crippen molar-refractivity contribution in [2.45, 2.75) is 13.0 Å². The summed E-state index contributed by atoms with van der Waals surface area (Å²) in [4.78, 5) is 11.0. The number of hydrogen-bond acceptors (Lipinski definition) is 3. The van der Waals surface area contributed by atoms with E-state index in [0.717, 1.165) is 18.2 Å². The zero-order valence-electron chi connectivity index (χ0n) is 11.8. The Balaban J connectivity index is 2.03. The Hall–Kier alpha value is -2.47. The normalized spacial score (nSPS) is 11.8. The molecule has 4 nitrogen and oxygen atoms in total. The Morgan fingerprint density at radius 3 is 2.77 bits per heavy atom. The summed E-state index contributed by atoms with van der Waals surface area (Å²) in [5.74, 6) is -1.17. The molecule has 0 saturated carbocycles. The largest absolute Gasteiger partial charge is 0.490 e. The van der Waals surface area contributed by atoms with Crippen molar-refractivity contribution in [3.8, 4) is 5.75 Å². The smallest absolute Gasteiger partial charge is 0.221 e. The third-order valence-electron chi connectivity index (χ3n) is 2.88. The Kier molecular flexibility index (Phi) is 5.06. The van der Waals surface area contributed by atoms with E-state index in [4.69, 9.17) is 4.74 Å². The van der Waals surface area contributed by atoms with Gasteiger partial charge >= 0.3 is 0 Å². The lowest BCUT2D eigenvalue weighted by Crippen LogP contribution is -2.12. The molecule has 6 heteroatoms. The lowest BCUT2D eigenvalue weighted by Gasteiger charge is -2.14. The van der Waals surface area contributed by atoms with Gasteiger partial charge in [0.1, 0.15) is 30.1 Å². The van der Waals surface area contributed by atoms with Crippen molar-refractivity contribution in [3.63, 3.8) is 0 Å². The van der Waals surface area contributed by atoms with Gasteiger partial charge in [-0.3, -0.25) is 4.79 Å². The van der Waals surface area contributed by atoms with E-state index in [1.807, 2.05) is 0 Å². The molecular weight excluding hydrogens is 292 g/mol. The molecule has 0 heterocycles. The fraction of sp³-hybridized carbons (Fsp3) is 0.188. The summed E-state index contributed by atoms with van der Waals surface area (Å²) in [6.45, 7) is 1.13. The Morgan fingerprint density at radius 2 is 2.05 bits per heavy atom. The molecule has 2 N–H and O–H groups in total. The number of carbonyl (C=O) groups is 1. The highest BCUT2D eigenvalue weighted by Gasteiger charge is 2.14. The number of aliphatic hydroxyl groups excluding tert-OH is 1. The summed E-state index contributed by atoms with van der Waals surface area (Å²) in [7, 11) is 0. The van der Waals surface area contributed by atoms with E-state index in [1.165, 1.54) is 6.92 Å². The van der Waals surface area contributed by atoms with E-state index in [9.17, 15) is 18.7 Å². The van der Waals surface area contributed by atoms with Crippen LogP contribution < -0.4 is 10.1 Å². The third-order valence-corrected chi connectivity index (χ3v) is 2.88. The third kappa shape index (κ3) is 4.26. The molecule has 0 saturated heterocycles. The summed E-state index contributed by atoms with van der Waals surface area (Å²) in [5, 5.41) is 12.5. The van der Waals surface area contributed by atoms with Gasteiger partial charge in [0, 0.05) is 24.2 Å². The highest BCUT2D eigenvalue weighted by Crippen LogP contribution is 2.22. The number of rotatable bonds is 5. The van der Waals surface area contributed by atoms with E-state index in [0.29, 0.717) is 11.4 Å². The van der Waals surface area contributed by atoms with Crippen molar-refractivity contribution in [1.82, 2.24) is 0 Å². The summed E-state index contributed by atoms with van der Waals surface area (Å²) in [5.41, 5.74) is 0.370. The molecule has 0 aliphatic carbocycles. The van der Waals surface area contributed by atoms with Crippen molar-refractivity contribution < 1.29 is 23.4 Å². The topological polar surface area (TPSA) is 58.6 Å². The van der Waals surface area contributed by atoms with Crippen LogP contribution in [0.2, 0.25) is 0 Å². The van der Waals surface area contributed by atoms with E-state index >= 15 is 0 Å². The quantitative estimate of drug-likeness (QED) is 0.892. The molecule has 22 heavy (non-hydrogen) atoms. The van der Waals surface area contributed by atoms with E-state index in [1.54, 1.807) is 24.3 Å². The molecule has 1 unspecified atom stereocenters. The standard InChI is InChI=1S/C16H15F2NO3/c1-10(20)19-12-3-2-4-13(8-12)22-9-16(21)14-7-11(17)5-6-15(14)18/h2-8,16,21H,9H2,1H3,(H,19,20). The zero-order chi connectivity index (χ0) is 16.1. The second-order valence-corrected chi connectivity index (χ2v) is 4.70. The number of benzene rings is 2. The lowest BCUT2D eigenvalue weighted by molar-refractivity contribution is -0.114. The van der Waals surface area contributed by atoms with Crippen LogP contribution >= 0.6 is 0 Å². The second kappa shape index (κ2) is 7.00. The summed E-state index contributed by atoms with van der Waals surface area (Å²) >= 11 is 0. The Bertz CT molecular complexity index is 676. The number of aliphatic hydroxyl groups is 1. The van der Waals surface area contributed by atoms with Crippen LogP contribution in [0.3, 0.4) is 0 Å². The van der Waals surface area contributed by atoms with Crippen LogP contribution in [0.15, 0.2) is 42.5 Å². The molecule has 0 radical (unpaired) electrons. The molecule has 0 fully saturated rings. The maximum absolute atomic E-state index is 13.5. The van der Waals surface area contributed by atoms with Crippen LogP contribution in [0.1, 0.15) is 18.6 Å². The maximum atomic E-state index is 13.5. The molecule has 2 aromatic carbocycles. The van der Waals surface area contributed by atoms with Gasteiger partial charge in [0.15, 0.2) is 0 Å². The maximum Gasteiger partial charge on any atom is 0.221 e. The van der Waals surface area contributed by atoms with Crippen LogP contribution in [0, 0.1) is 11.6 Å². The molecule has 0 bridgehead atoms. The molecule has 1 atom stereocenters. The number of halogens is 2. The highest BCUT2D eigenvalue weighted by atomic mass is 19.1. The van der Waals surface area contributed by atoms with Crippen LogP contribution in [0.25, 0.3) is 0 Å². The number of anilines is 1. The van der Waals surface area contributed by atoms with Gasteiger partial charge in [-0.1, -0.05) is 6.07 Å². The number of amides is 1. The van der Waals surface area contributed by atoms with Gasteiger partial charge in [-0.25, -0.2) is 8.78 Å². The summed E-state index contributed by atoms with van der Waals surface area (Å²) in [6, 6.07) is 9.38. The molecule has 0 aliphatic heterocycles. The molecule has 0 aliphatic rings. The molecule has 1 amide bonds. The zero-order valence-corrected chi connectivity index (χ0v) is 11.8. The number of carbonyl (C=O) groups excluding carboxylic acids is 1. The first kappa shape index (κ1) is 15.9. The second-order valence-electron chi connectivity index (χ2n) is 4.70. The van der Waals surface area contributed by atoms with Crippen molar-refractivity contribution in [2.24, 2.45) is 0 Å². The van der Waals surface area contributed by atoms with Gasteiger partial charge in [0.05, 0.1) is 0 Å². The van der Waals surface area contributed by atoms with Gasteiger partial charge < -0.3 is 15.2 Å². The van der Waals surface area contributed by atoms with Crippen LogP contribution in [-0.4, -0.2) is 17.6 Å².